The van der Waals surface area contributed by atoms with Crippen molar-refractivity contribution < 1.29 is 13.2 Å². The van der Waals surface area contributed by atoms with E-state index in [1.54, 1.807) is 4.90 Å². The molecule has 3 heterocycles. The normalized spacial score (nSPS) is 21.5. The van der Waals surface area contributed by atoms with Crippen LogP contribution in [0.25, 0.3) is 0 Å². The molecule has 3 N–H and O–H groups in total. The van der Waals surface area contributed by atoms with E-state index >= 15 is 0 Å². The third kappa shape index (κ3) is 2.88. The van der Waals surface area contributed by atoms with Gasteiger partial charge in [0.05, 0.1) is 22.2 Å². The van der Waals surface area contributed by atoms with Gasteiger partial charge in [0.2, 0.25) is 10.0 Å². The summed E-state index contributed by atoms with van der Waals surface area (Å²) >= 11 is 0. The molecule has 1 amide bonds. The zero-order chi connectivity index (χ0) is 16.6. The van der Waals surface area contributed by atoms with Gasteiger partial charge in [-0.2, -0.15) is 5.10 Å². The second kappa shape index (κ2) is 6.21. The third-order valence-corrected chi connectivity index (χ3v) is 6.54. The fraction of sp³-hybridized carbons (Fsp3) is 0.714. The molecule has 1 atom stereocenters. The number of hydrogen-bond donors (Lipinski definition) is 2. The standard InChI is InChI=1S/C14H23N5O3S/c1-16-23(21,22)10-4-2-6-18(9-10)14(20)13-11(8-15)17-19-7-3-5-12(13)19/h10,16H,2-9,15H2,1H3. The highest BCUT2D eigenvalue weighted by atomic mass is 32.2. The number of nitrogens with one attached hydrogen (secondary N) is 1. The summed E-state index contributed by atoms with van der Waals surface area (Å²) in [7, 11) is -1.96. The number of sulfonamides is 1. The van der Waals surface area contributed by atoms with E-state index in [0.29, 0.717) is 30.6 Å². The summed E-state index contributed by atoms with van der Waals surface area (Å²) in [6.07, 6.45) is 3.05. The lowest BCUT2D eigenvalue weighted by atomic mass is 10.1. The largest absolute Gasteiger partial charge is 0.337 e. The van der Waals surface area contributed by atoms with Gasteiger partial charge in [-0.15, -0.1) is 0 Å². The van der Waals surface area contributed by atoms with Crippen LogP contribution in [-0.4, -0.2) is 54.4 Å². The van der Waals surface area contributed by atoms with E-state index in [0.717, 1.165) is 25.1 Å². The van der Waals surface area contributed by atoms with E-state index in [1.165, 1.54) is 7.05 Å². The number of aromatic nitrogens is 2. The molecular weight excluding hydrogens is 318 g/mol. The van der Waals surface area contributed by atoms with E-state index < -0.39 is 15.3 Å². The first-order valence-corrected chi connectivity index (χ1v) is 9.52. The summed E-state index contributed by atoms with van der Waals surface area (Å²) in [5.41, 5.74) is 7.89. The molecule has 0 saturated carbocycles. The molecular formula is C14H23N5O3S. The van der Waals surface area contributed by atoms with Crippen LogP contribution in [-0.2, 0) is 29.5 Å². The maximum atomic E-state index is 13.0. The molecule has 2 aliphatic heterocycles. The van der Waals surface area contributed by atoms with Gasteiger partial charge in [-0.1, -0.05) is 0 Å². The first kappa shape index (κ1) is 16.4. The van der Waals surface area contributed by atoms with E-state index in [9.17, 15) is 13.2 Å². The van der Waals surface area contributed by atoms with Gasteiger partial charge in [0.25, 0.3) is 5.91 Å². The van der Waals surface area contributed by atoms with Crippen molar-refractivity contribution in [3.63, 3.8) is 0 Å². The van der Waals surface area contributed by atoms with Crippen LogP contribution in [0, 0.1) is 0 Å². The minimum absolute atomic E-state index is 0.135. The Bertz CT molecular complexity index is 712. The molecule has 2 aliphatic rings. The molecule has 1 unspecified atom stereocenters. The smallest absolute Gasteiger partial charge is 0.257 e. The fourth-order valence-electron chi connectivity index (χ4n) is 3.48. The zero-order valence-electron chi connectivity index (χ0n) is 13.3. The SMILES string of the molecule is CNS(=O)(=O)C1CCCN(C(=O)c2c(CN)nn3c2CCC3)C1. The fourth-order valence-corrected chi connectivity index (χ4v) is 4.66. The lowest BCUT2D eigenvalue weighted by molar-refractivity contribution is 0.0724. The maximum Gasteiger partial charge on any atom is 0.257 e. The maximum absolute atomic E-state index is 13.0. The Morgan fingerprint density at radius 2 is 2.17 bits per heavy atom. The van der Waals surface area contributed by atoms with Crippen molar-refractivity contribution in [2.45, 2.75) is 44.0 Å². The van der Waals surface area contributed by atoms with Gasteiger partial charge in [-0.3, -0.25) is 9.48 Å². The molecule has 1 aromatic rings. The molecule has 0 radical (unpaired) electrons. The third-order valence-electron chi connectivity index (χ3n) is 4.71. The highest BCUT2D eigenvalue weighted by Crippen LogP contribution is 2.25. The summed E-state index contributed by atoms with van der Waals surface area (Å²) in [5, 5.41) is 3.86. The Labute approximate surface area is 136 Å². The quantitative estimate of drug-likeness (QED) is 0.763. The molecule has 0 bridgehead atoms. The Hall–Kier alpha value is -1.45. The molecule has 0 spiro atoms. The van der Waals surface area contributed by atoms with Gasteiger partial charge in [0, 0.05) is 26.2 Å². The van der Waals surface area contributed by atoms with Crippen LogP contribution in [0.2, 0.25) is 0 Å². The second-order valence-electron chi connectivity index (χ2n) is 6.06. The molecule has 23 heavy (non-hydrogen) atoms. The van der Waals surface area contributed by atoms with Crippen molar-refractivity contribution in [3.05, 3.63) is 17.0 Å². The van der Waals surface area contributed by atoms with Crippen molar-refractivity contribution in [3.8, 4) is 0 Å². The van der Waals surface area contributed by atoms with E-state index in [2.05, 4.69) is 9.82 Å². The molecule has 128 valence electrons. The highest BCUT2D eigenvalue weighted by Gasteiger charge is 2.35. The Kier molecular flexibility index (Phi) is 4.43. The van der Waals surface area contributed by atoms with Crippen molar-refractivity contribution in [2.75, 3.05) is 20.1 Å². The van der Waals surface area contributed by atoms with Crippen LogP contribution in [0.3, 0.4) is 0 Å². The molecule has 8 nitrogen and oxygen atoms in total. The van der Waals surface area contributed by atoms with Crippen LogP contribution in [0.5, 0.6) is 0 Å². The van der Waals surface area contributed by atoms with Crippen molar-refractivity contribution >= 4 is 15.9 Å². The van der Waals surface area contributed by atoms with Gasteiger partial charge >= 0.3 is 0 Å². The number of piperidine rings is 1. The Morgan fingerprint density at radius 1 is 1.39 bits per heavy atom. The number of carbonyl (C=O) groups is 1. The molecule has 1 aromatic heterocycles. The average molecular weight is 341 g/mol. The van der Waals surface area contributed by atoms with Gasteiger partial charge in [0.15, 0.2) is 0 Å². The molecule has 0 aromatic carbocycles. The number of carbonyl (C=O) groups excluding carboxylic acids is 1. The van der Waals surface area contributed by atoms with Crippen LogP contribution in [0.1, 0.15) is 41.0 Å². The number of nitrogens with zero attached hydrogens (tertiary/aromatic N) is 3. The minimum Gasteiger partial charge on any atom is -0.337 e. The molecule has 1 saturated heterocycles. The van der Waals surface area contributed by atoms with Crippen LogP contribution in [0.15, 0.2) is 0 Å². The van der Waals surface area contributed by atoms with Gasteiger partial charge in [0.1, 0.15) is 0 Å². The van der Waals surface area contributed by atoms with Crippen molar-refractivity contribution in [1.82, 2.24) is 19.4 Å². The van der Waals surface area contributed by atoms with E-state index in [-0.39, 0.29) is 19.0 Å². The van der Waals surface area contributed by atoms with Gasteiger partial charge in [-0.25, -0.2) is 13.1 Å². The average Bonchev–Trinajstić information content (AvgIpc) is 3.14. The topological polar surface area (TPSA) is 110 Å². The second-order valence-corrected chi connectivity index (χ2v) is 8.23. The lowest BCUT2D eigenvalue weighted by Crippen LogP contribution is -2.48. The number of amides is 1. The van der Waals surface area contributed by atoms with Gasteiger partial charge in [-0.05, 0) is 32.7 Å². The van der Waals surface area contributed by atoms with Crippen molar-refractivity contribution in [1.29, 1.82) is 0 Å². The first-order chi connectivity index (χ1) is 11.0. The first-order valence-electron chi connectivity index (χ1n) is 7.98. The van der Waals surface area contributed by atoms with E-state index in [4.69, 9.17) is 5.73 Å². The predicted octanol–water partition coefficient (Wildman–Crippen LogP) is -0.558. The molecule has 3 rings (SSSR count). The van der Waals surface area contributed by atoms with E-state index in [1.807, 2.05) is 4.68 Å². The van der Waals surface area contributed by atoms with Crippen LogP contribution < -0.4 is 10.5 Å². The Morgan fingerprint density at radius 3 is 2.87 bits per heavy atom. The minimum atomic E-state index is -3.37. The number of nitrogens with two attached hydrogens (primary N) is 1. The number of aryl methyl sites for hydroxylation is 1. The Balaban J connectivity index is 1.86. The molecule has 9 heteroatoms. The summed E-state index contributed by atoms with van der Waals surface area (Å²) in [4.78, 5) is 14.6. The summed E-state index contributed by atoms with van der Waals surface area (Å²) in [5.74, 6) is -0.135. The van der Waals surface area contributed by atoms with Crippen molar-refractivity contribution in [2.24, 2.45) is 5.73 Å². The number of rotatable bonds is 4. The summed E-state index contributed by atoms with van der Waals surface area (Å²) < 4.78 is 28.3. The molecule has 1 fully saturated rings. The van der Waals surface area contributed by atoms with Crippen LogP contribution >= 0.6 is 0 Å². The number of fused-ring (bicyclic) bond motifs is 1. The highest BCUT2D eigenvalue weighted by molar-refractivity contribution is 7.90. The number of likely N-dealkylation sites (tertiary alicyclic amines) is 1. The number of hydrogen-bond acceptors (Lipinski definition) is 5. The lowest BCUT2D eigenvalue weighted by Gasteiger charge is -2.32. The monoisotopic (exact) mass is 341 g/mol. The predicted molar refractivity (Wildman–Crippen MR) is 85.3 cm³/mol. The summed E-state index contributed by atoms with van der Waals surface area (Å²) in [6, 6.07) is 0. The zero-order valence-corrected chi connectivity index (χ0v) is 14.1. The molecule has 0 aliphatic carbocycles. The van der Waals surface area contributed by atoms with Crippen LogP contribution in [0.4, 0.5) is 0 Å². The summed E-state index contributed by atoms with van der Waals surface area (Å²) in [6.45, 7) is 1.82. The van der Waals surface area contributed by atoms with Gasteiger partial charge < -0.3 is 10.6 Å².